The Balaban J connectivity index is 0.00000114. The van der Waals surface area contributed by atoms with E-state index in [0.29, 0.717) is 0 Å². The number of nitrogens with zero attached hydrogens (tertiary/aromatic N) is 2. The lowest BCUT2D eigenvalue weighted by Crippen LogP contribution is -2.50. The molecule has 0 radical (unpaired) electrons. The summed E-state index contributed by atoms with van der Waals surface area (Å²) in [4.78, 5) is 13.2. The highest BCUT2D eigenvalue weighted by atomic mass is 35.5. The SMILES string of the molecule is CN(C)[C@@H]1CC(F)(F)CC[C@H]1Nc1cc(F)c(S(=O)(=O)Nc2nccs2)cc1Cl.O=CO. The molecule has 0 unspecified atom stereocenters. The van der Waals surface area contributed by atoms with Gasteiger partial charge in [-0.2, -0.15) is 0 Å². The summed E-state index contributed by atoms with van der Waals surface area (Å²) in [5.41, 5.74) is 0.152. The molecule has 0 aliphatic heterocycles. The number of rotatable bonds is 6. The third-order valence-electron chi connectivity index (χ3n) is 4.76. The van der Waals surface area contributed by atoms with Crippen LogP contribution in [0.5, 0.6) is 0 Å². The summed E-state index contributed by atoms with van der Waals surface area (Å²) < 4.78 is 69.3. The van der Waals surface area contributed by atoms with Crippen molar-refractivity contribution in [3.8, 4) is 0 Å². The Morgan fingerprint density at radius 1 is 1.38 bits per heavy atom. The quantitative estimate of drug-likeness (QED) is 0.500. The Labute approximate surface area is 192 Å². The van der Waals surface area contributed by atoms with Crippen molar-refractivity contribution in [1.82, 2.24) is 9.88 Å². The highest BCUT2D eigenvalue weighted by Gasteiger charge is 2.42. The van der Waals surface area contributed by atoms with Crippen molar-refractivity contribution in [3.05, 3.63) is 34.5 Å². The van der Waals surface area contributed by atoms with Gasteiger partial charge in [0, 0.05) is 36.5 Å². The Kier molecular flexibility index (Phi) is 8.74. The first kappa shape index (κ1) is 26.2. The van der Waals surface area contributed by atoms with Gasteiger partial charge in [0.25, 0.3) is 16.5 Å². The zero-order chi connectivity index (χ0) is 24.1. The number of aromatic nitrogens is 1. The van der Waals surface area contributed by atoms with E-state index in [1.165, 1.54) is 6.20 Å². The van der Waals surface area contributed by atoms with Gasteiger partial charge in [0.2, 0.25) is 5.92 Å². The van der Waals surface area contributed by atoms with Crippen molar-refractivity contribution in [3.63, 3.8) is 0 Å². The molecule has 8 nitrogen and oxygen atoms in total. The van der Waals surface area contributed by atoms with Gasteiger partial charge >= 0.3 is 0 Å². The first-order valence-corrected chi connectivity index (χ1v) is 11.9. The lowest BCUT2D eigenvalue weighted by atomic mass is 9.86. The van der Waals surface area contributed by atoms with E-state index >= 15 is 0 Å². The molecule has 1 aliphatic rings. The zero-order valence-corrected chi connectivity index (χ0v) is 19.4. The molecule has 0 spiro atoms. The van der Waals surface area contributed by atoms with Crippen molar-refractivity contribution in [2.75, 3.05) is 24.1 Å². The largest absolute Gasteiger partial charge is 0.483 e. The van der Waals surface area contributed by atoms with Crippen LogP contribution in [0.15, 0.2) is 28.6 Å². The van der Waals surface area contributed by atoms with Crippen LogP contribution in [0.4, 0.5) is 24.0 Å². The van der Waals surface area contributed by atoms with E-state index in [9.17, 15) is 21.6 Å². The summed E-state index contributed by atoms with van der Waals surface area (Å²) in [6.45, 7) is -0.250. The van der Waals surface area contributed by atoms with Crippen LogP contribution in [0, 0.1) is 5.82 Å². The molecule has 14 heteroatoms. The number of benzene rings is 1. The Morgan fingerprint density at radius 3 is 2.59 bits per heavy atom. The molecule has 32 heavy (non-hydrogen) atoms. The zero-order valence-electron chi connectivity index (χ0n) is 17.1. The molecule has 1 heterocycles. The van der Waals surface area contributed by atoms with Crippen LogP contribution in [-0.2, 0) is 14.8 Å². The van der Waals surface area contributed by atoms with Gasteiger partial charge in [-0.1, -0.05) is 11.6 Å². The molecular formula is C18H22ClF3N4O4S2. The number of anilines is 2. The summed E-state index contributed by atoms with van der Waals surface area (Å²) >= 11 is 7.24. The number of hydrogen-bond donors (Lipinski definition) is 3. The predicted molar refractivity (Wildman–Crippen MR) is 117 cm³/mol. The summed E-state index contributed by atoms with van der Waals surface area (Å²) in [5.74, 6) is -3.77. The van der Waals surface area contributed by atoms with E-state index in [2.05, 4.69) is 15.0 Å². The fourth-order valence-electron chi connectivity index (χ4n) is 3.31. The van der Waals surface area contributed by atoms with Gasteiger partial charge < -0.3 is 15.3 Å². The highest BCUT2D eigenvalue weighted by molar-refractivity contribution is 7.93. The Morgan fingerprint density at radius 2 is 2.03 bits per heavy atom. The van der Waals surface area contributed by atoms with Crippen LogP contribution in [0.2, 0.25) is 5.02 Å². The standard InChI is InChI=1S/C17H20ClF3N4O2S2.CH2O2/c1-25(2)14-9-17(20,21)4-3-12(14)23-13-8-11(19)15(7-10(13)18)29(26,27)24-16-22-5-6-28-16;2-1-3/h5-8,12,14,23H,3-4,9H2,1-2H3,(H,22,24);1H,(H,2,3)/t12-,14-;/m1./s1. The fraction of sp³-hybridized carbons (Fsp3) is 0.444. The molecule has 178 valence electrons. The van der Waals surface area contributed by atoms with E-state index in [1.54, 1.807) is 24.4 Å². The second-order valence-electron chi connectivity index (χ2n) is 7.19. The Bertz CT molecular complexity index is 1020. The number of thiazole rings is 1. The molecule has 3 rings (SSSR count). The van der Waals surface area contributed by atoms with Crippen LogP contribution in [0.1, 0.15) is 19.3 Å². The van der Waals surface area contributed by atoms with Gasteiger partial charge in [0.05, 0.1) is 10.7 Å². The molecule has 1 aliphatic carbocycles. The van der Waals surface area contributed by atoms with Gasteiger partial charge in [0.15, 0.2) is 5.13 Å². The summed E-state index contributed by atoms with van der Waals surface area (Å²) in [6.07, 6.45) is 0.953. The van der Waals surface area contributed by atoms with Crippen molar-refractivity contribution < 1.29 is 31.5 Å². The van der Waals surface area contributed by atoms with Gasteiger partial charge in [-0.25, -0.2) is 26.6 Å². The number of sulfonamides is 1. The predicted octanol–water partition coefficient (Wildman–Crippen LogP) is 3.97. The minimum Gasteiger partial charge on any atom is -0.483 e. The van der Waals surface area contributed by atoms with Crippen LogP contribution in [-0.4, -0.2) is 62.0 Å². The molecule has 1 saturated carbocycles. The third-order valence-corrected chi connectivity index (χ3v) is 7.25. The van der Waals surface area contributed by atoms with E-state index in [4.69, 9.17) is 21.5 Å². The molecule has 1 aromatic carbocycles. The summed E-state index contributed by atoms with van der Waals surface area (Å²) in [6, 6.07) is 1.08. The van der Waals surface area contributed by atoms with Crippen LogP contribution in [0.25, 0.3) is 0 Å². The molecule has 2 aromatic rings. The molecular weight excluding hydrogens is 493 g/mol. The van der Waals surface area contributed by atoms with Crippen molar-refractivity contribution in [2.45, 2.75) is 42.2 Å². The number of alkyl halides is 2. The minimum absolute atomic E-state index is 0.0271. The smallest absolute Gasteiger partial charge is 0.290 e. The van der Waals surface area contributed by atoms with E-state index in [1.807, 2.05) is 0 Å². The van der Waals surface area contributed by atoms with Gasteiger partial charge in [0.1, 0.15) is 10.7 Å². The maximum atomic E-state index is 14.6. The average molecular weight is 515 g/mol. The third kappa shape index (κ3) is 6.70. The van der Waals surface area contributed by atoms with Crippen LogP contribution >= 0.6 is 22.9 Å². The highest BCUT2D eigenvalue weighted by Crippen LogP contribution is 2.38. The Hall–Kier alpha value is -2.09. The number of carboxylic acid groups (broad SMARTS) is 1. The van der Waals surface area contributed by atoms with E-state index in [0.717, 1.165) is 23.5 Å². The molecule has 3 N–H and O–H groups in total. The number of hydrogen-bond acceptors (Lipinski definition) is 7. The van der Waals surface area contributed by atoms with Crippen LogP contribution < -0.4 is 10.0 Å². The van der Waals surface area contributed by atoms with Gasteiger partial charge in [-0.3, -0.25) is 9.52 Å². The number of likely N-dealkylation sites (N-methyl/N-ethyl adjacent to an activating group) is 1. The van der Waals surface area contributed by atoms with Crippen molar-refractivity contribution >= 4 is 50.3 Å². The van der Waals surface area contributed by atoms with Crippen LogP contribution in [0.3, 0.4) is 0 Å². The molecule has 1 fully saturated rings. The number of halogens is 4. The average Bonchev–Trinajstić information content (AvgIpc) is 3.18. The van der Waals surface area contributed by atoms with Crippen molar-refractivity contribution in [2.24, 2.45) is 0 Å². The molecule has 2 atom stereocenters. The first-order chi connectivity index (χ1) is 14.9. The number of carbonyl (C=O) groups is 1. The van der Waals surface area contributed by atoms with E-state index < -0.39 is 38.7 Å². The lowest BCUT2D eigenvalue weighted by Gasteiger charge is -2.40. The number of nitrogens with one attached hydrogen (secondary N) is 2. The molecule has 0 saturated heterocycles. The molecule has 0 amide bonds. The summed E-state index contributed by atoms with van der Waals surface area (Å²) in [7, 11) is -0.828. The maximum Gasteiger partial charge on any atom is 0.290 e. The monoisotopic (exact) mass is 514 g/mol. The first-order valence-electron chi connectivity index (χ1n) is 9.20. The fourth-order valence-corrected chi connectivity index (χ4v) is 5.47. The van der Waals surface area contributed by atoms with Gasteiger partial charge in [-0.15, -0.1) is 11.3 Å². The molecule has 0 bridgehead atoms. The maximum absolute atomic E-state index is 14.6. The second-order valence-corrected chi connectivity index (χ2v) is 10.1. The minimum atomic E-state index is -4.22. The second kappa shape index (κ2) is 10.7. The van der Waals surface area contributed by atoms with Gasteiger partial charge in [-0.05, 0) is 32.6 Å². The topological polar surface area (TPSA) is 112 Å². The van der Waals surface area contributed by atoms with Crippen molar-refractivity contribution in [1.29, 1.82) is 0 Å². The lowest BCUT2D eigenvalue weighted by molar-refractivity contribution is -0.122. The normalized spacial score (nSPS) is 20.2. The molecule has 1 aromatic heterocycles. The van der Waals surface area contributed by atoms with E-state index in [-0.39, 0.29) is 41.6 Å². The summed E-state index contributed by atoms with van der Waals surface area (Å²) in [5, 5.41) is 11.5.